The van der Waals surface area contributed by atoms with Crippen molar-refractivity contribution in [1.29, 1.82) is 0 Å². The smallest absolute Gasteiger partial charge is 0.242 e. The van der Waals surface area contributed by atoms with Crippen LogP contribution in [0.3, 0.4) is 0 Å². The van der Waals surface area contributed by atoms with E-state index in [-0.39, 0.29) is 11.9 Å². The van der Waals surface area contributed by atoms with E-state index in [9.17, 15) is 4.79 Å². The van der Waals surface area contributed by atoms with Gasteiger partial charge in [-0.2, -0.15) is 0 Å². The highest BCUT2D eigenvalue weighted by Crippen LogP contribution is 2.34. The first-order chi connectivity index (χ1) is 9.19. The van der Waals surface area contributed by atoms with Gasteiger partial charge in [0.25, 0.3) is 0 Å². The minimum Gasteiger partial charge on any atom is -0.359 e. The van der Waals surface area contributed by atoms with E-state index in [0.717, 1.165) is 13.0 Å². The summed E-state index contributed by atoms with van der Waals surface area (Å²) in [6, 6.07) is 8.60. The van der Waals surface area contributed by atoms with E-state index in [1.54, 1.807) is 0 Å². The maximum absolute atomic E-state index is 12.0. The lowest BCUT2D eigenvalue weighted by atomic mass is 9.95. The minimum absolute atomic E-state index is 0.0974. The Bertz CT molecular complexity index is 447. The summed E-state index contributed by atoms with van der Waals surface area (Å²) in [6.07, 6.45) is 1.03. The topological polar surface area (TPSA) is 44.4 Å². The number of likely N-dealkylation sites (N-methyl/N-ethyl adjacent to an activating group) is 1. The Hall–Kier alpha value is -1.55. The molecule has 1 amide bonds. The highest BCUT2D eigenvalue weighted by molar-refractivity contribution is 5.85. The molecule has 2 atom stereocenters. The molecule has 2 N–H and O–H groups in total. The van der Waals surface area contributed by atoms with E-state index in [4.69, 9.17) is 0 Å². The van der Waals surface area contributed by atoms with Crippen LogP contribution in [0.25, 0.3) is 0 Å². The molecule has 0 radical (unpaired) electrons. The number of hydrogen-bond acceptors (Lipinski definition) is 3. The quantitative estimate of drug-likeness (QED) is 0.867. The number of fused-ring (bicyclic) bond motifs is 1. The second-order valence-electron chi connectivity index (χ2n) is 4.95. The SMILES string of the molecule is CCNC(=O)C(C)N1CCC(NC)c2ccccc21. The molecule has 1 aromatic carbocycles. The third-order valence-corrected chi connectivity index (χ3v) is 3.83. The summed E-state index contributed by atoms with van der Waals surface area (Å²) in [5.74, 6) is 0.0974. The summed E-state index contributed by atoms with van der Waals surface area (Å²) in [6.45, 7) is 5.51. The normalized spacial score (nSPS) is 19.7. The molecule has 0 saturated heterocycles. The third kappa shape index (κ3) is 2.73. The Balaban J connectivity index is 2.26. The van der Waals surface area contributed by atoms with E-state index in [2.05, 4.69) is 33.7 Å². The van der Waals surface area contributed by atoms with Crippen LogP contribution in [0, 0.1) is 0 Å². The van der Waals surface area contributed by atoms with Crippen molar-refractivity contribution < 1.29 is 4.79 Å². The first-order valence-corrected chi connectivity index (χ1v) is 6.99. The lowest BCUT2D eigenvalue weighted by Crippen LogP contribution is -2.48. The lowest BCUT2D eigenvalue weighted by molar-refractivity contribution is -0.122. The zero-order chi connectivity index (χ0) is 13.8. The van der Waals surface area contributed by atoms with Crippen molar-refractivity contribution >= 4 is 11.6 Å². The molecule has 1 aliphatic heterocycles. The van der Waals surface area contributed by atoms with Crippen molar-refractivity contribution in [1.82, 2.24) is 10.6 Å². The van der Waals surface area contributed by atoms with Gasteiger partial charge in [0.15, 0.2) is 0 Å². The van der Waals surface area contributed by atoms with Gasteiger partial charge in [-0.25, -0.2) is 0 Å². The fourth-order valence-corrected chi connectivity index (χ4v) is 2.75. The zero-order valence-electron chi connectivity index (χ0n) is 11.9. The van der Waals surface area contributed by atoms with Gasteiger partial charge < -0.3 is 15.5 Å². The van der Waals surface area contributed by atoms with Gasteiger partial charge in [0.05, 0.1) is 0 Å². The molecule has 2 rings (SSSR count). The summed E-state index contributed by atoms with van der Waals surface area (Å²) < 4.78 is 0. The van der Waals surface area contributed by atoms with Crippen LogP contribution in [-0.2, 0) is 4.79 Å². The Labute approximate surface area is 115 Å². The van der Waals surface area contributed by atoms with Crippen LogP contribution in [-0.4, -0.2) is 32.1 Å². The number of carbonyl (C=O) groups excluding carboxylic acids is 1. The summed E-state index contributed by atoms with van der Waals surface area (Å²) in [5.41, 5.74) is 2.46. The van der Waals surface area contributed by atoms with Crippen LogP contribution in [0.15, 0.2) is 24.3 Å². The molecule has 4 heteroatoms. The van der Waals surface area contributed by atoms with Crippen molar-refractivity contribution in [3.8, 4) is 0 Å². The first kappa shape index (κ1) is 13.9. The minimum atomic E-state index is -0.126. The van der Waals surface area contributed by atoms with Crippen LogP contribution in [0.1, 0.15) is 31.9 Å². The molecule has 0 aromatic heterocycles. The van der Waals surface area contributed by atoms with E-state index in [0.29, 0.717) is 12.6 Å². The second kappa shape index (κ2) is 6.06. The molecular weight excluding hydrogens is 238 g/mol. The standard InChI is InChI=1S/C15H23N3O/c1-4-17-15(19)11(2)18-10-9-13(16-3)12-7-5-6-8-14(12)18/h5-8,11,13,16H,4,9-10H2,1-3H3,(H,17,19). The lowest BCUT2D eigenvalue weighted by Gasteiger charge is -2.38. The highest BCUT2D eigenvalue weighted by Gasteiger charge is 2.29. The van der Waals surface area contributed by atoms with E-state index in [1.165, 1.54) is 11.3 Å². The van der Waals surface area contributed by atoms with Crippen molar-refractivity contribution in [2.24, 2.45) is 0 Å². The van der Waals surface area contributed by atoms with Gasteiger partial charge in [-0.1, -0.05) is 18.2 Å². The zero-order valence-corrected chi connectivity index (χ0v) is 11.9. The number of anilines is 1. The molecule has 104 valence electrons. The Kier molecular flexibility index (Phi) is 4.43. The average molecular weight is 261 g/mol. The van der Waals surface area contributed by atoms with Crippen LogP contribution in [0.2, 0.25) is 0 Å². The molecule has 0 saturated carbocycles. The van der Waals surface area contributed by atoms with Gasteiger partial charge in [0, 0.05) is 24.8 Å². The molecule has 0 aliphatic carbocycles. The molecule has 4 nitrogen and oxygen atoms in total. The van der Waals surface area contributed by atoms with Gasteiger partial charge in [0.1, 0.15) is 6.04 Å². The van der Waals surface area contributed by atoms with Gasteiger partial charge in [-0.05, 0) is 38.9 Å². The number of benzene rings is 1. The summed E-state index contributed by atoms with van der Waals surface area (Å²) in [7, 11) is 1.99. The Morgan fingerprint density at radius 1 is 1.47 bits per heavy atom. The summed E-state index contributed by atoms with van der Waals surface area (Å²) >= 11 is 0. The Morgan fingerprint density at radius 2 is 2.21 bits per heavy atom. The number of para-hydroxylation sites is 1. The molecule has 0 fully saturated rings. The monoisotopic (exact) mass is 261 g/mol. The van der Waals surface area contributed by atoms with Gasteiger partial charge in [-0.3, -0.25) is 4.79 Å². The summed E-state index contributed by atoms with van der Waals surface area (Å²) in [5, 5.41) is 6.25. The molecule has 2 unspecified atom stereocenters. The maximum Gasteiger partial charge on any atom is 0.242 e. The number of carbonyl (C=O) groups is 1. The number of nitrogens with zero attached hydrogens (tertiary/aromatic N) is 1. The molecule has 0 spiro atoms. The Morgan fingerprint density at radius 3 is 2.89 bits per heavy atom. The van der Waals surface area contributed by atoms with Gasteiger partial charge >= 0.3 is 0 Å². The fourth-order valence-electron chi connectivity index (χ4n) is 2.75. The predicted molar refractivity (Wildman–Crippen MR) is 78.4 cm³/mol. The van der Waals surface area contributed by atoms with Crippen molar-refractivity contribution in [3.05, 3.63) is 29.8 Å². The number of rotatable bonds is 4. The van der Waals surface area contributed by atoms with E-state index < -0.39 is 0 Å². The van der Waals surface area contributed by atoms with E-state index in [1.807, 2.05) is 27.0 Å². The van der Waals surface area contributed by atoms with Gasteiger partial charge in [-0.15, -0.1) is 0 Å². The van der Waals surface area contributed by atoms with Crippen molar-refractivity contribution in [2.75, 3.05) is 25.0 Å². The number of hydrogen-bond donors (Lipinski definition) is 2. The largest absolute Gasteiger partial charge is 0.359 e. The van der Waals surface area contributed by atoms with Crippen molar-refractivity contribution in [3.63, 3.8) is 0 Å². The predicted octanol–water partition coefficient (Wildman–Crippen LogP) is 1.68. The first-order valence-electron chi connectivity index (χ1n) is 6.99. The third-order valence-electron chi connectivity index (χ3n) is 3.83. The van der Waals surface area contributed by atoms with Crippen LogP contribution in [0.4, 0.5) is 5.69 Å². The fraction of sp³-hybridized carbons (Fsp3) is 0.533. The van der Waals surface area contributed by atoms with E-state index >= 15 is 0 Å². The van der Waals surface area contributed by atoms with Crippen molar-refractivity contribution in [2.45, 2.75) is 32.4 Å². The van der Waals surface area contributed by atoms with Gasteiger partial charge in [0.2, 0.25) is 5.91 Å². The van der Waals surface area contributed by atoms with Crippen LogP contribution >= 0.6 is 0 Å². The average Bonchev–Trinajstić information content (AvgIpc) is 2.45. The molecular formula is C15H23N3O. The molecule has 0 bridgehead atoms. The van der Waals surface area contributed by atoms with Crippen LogP contribution < -0.4 is 15.5 Å². The molecule has 1 heterocycles. The highest BCUT2D eigenvalue weighted by atomic mass is 16.2. The molecule has 19 heavy (non-hydrogen) atoms. The second-order valence-corrected chi connectivity index (χ2v) is 4.95. The molecule has 1 aromatic rings. The summed E-state index contributed by atoms with van der Waals surface area (Å²) in [4.78, 5) is 14.2. The number of nitrogens with one attached hydrogen (secondary N) is 2. The molecule has 1 aliphatic rings. The van der Waals surface area contributed by atoms with Crippen LogP contribution in [0.5, 0.6) is 0 Å². The number of amides is 1. The maximum atomic E-state index is 12.0.